The molecule has 2 heterocycles. The molecule has 0 radical (unpaired) electrons. The van der Waals surface area contributed by atoms with Gasteiger partial charge in [0.2, 0.25) is 0 Å². The summed E-state index contributed by atoms with van der Waals surface area (Å²) in [6.45, 7) is 5.30. The van der Waals surface area contributed by atoms with Crippen LogP contribution in [0, 0.1) is 25.2 Å². The first-order valence-electron chi connectivity index (χ1n) is 4.83. The molecule has 15 heavy (non-hydrogen) atoms. The van der Waals surface area contributed by atoms with Crippen LogP contribution in [-0.4, -0.2) is 29.4 Å². The third-order valence-electron chi connectivity index (χ3n) is 2.56. The molecule has 1 saturated heterocycles. The molecule has 1 aromatic heterocycles. The largest absolute Gasteiger partial charge is 0.470 e. The SMILES string of the molecule is Cc1nnc(OC2CNC2)c(C#N)c1C. The van der Waals surface area contributed by atoms with Crippen LogP contribution >= 0.6 is 0 Å². The molecule has 0 bridgehead atoms. The van der Waals surface area contributed by atoms with Crippen molar-refractivity contribution in [2.75, 3.05) is 13.1 Å². The number of nitrogens with zero attached hydrogens (tertiary/aromatic N) is 3. The van der Waals surface area contributed by atoms with Gasteiger partial charge in [-0.1, -0.05) is 0 Å². The van der Waals surface area contributed by atoms with Crippen LogP contribution in [0.4, 0.5) is 0 Å². The van der Waals surface area contributed by atoms with Crippen molar-refractivity contribution < 1.29 is 4.74 Å². The molecule has 0 aromatic carbocycles. The minimum atomic E-state index is 0.119. The maximum absolute atomic E-state index is 9.01. The lowest BCUT2D eigenvalue weighted by atomic mass is 10.1. The van der Waals surface area contributed by atoms with E-state index in [0.29, 0.717) is 11.4 Å². The molecule has 1 aliphatic rings. The first kappa shape index (κ1) is 9.87. The lowest BCUT2D eigenvalue weighted by Crippen LogP contribution is -2.50. The van der Waals surface area contributed by atoms with Crippen LogP contribution in [0.2, 0.25) is 0 Å². The second-order valence-corrected chi connectivity index (χ2v) is 3.60. The minimum Gasteiger partial charge on any atom is -0.470 e. The smallest absolute Gasteiger partial charge is 0.252 e. The molecule has 0 amide bonds. The highest BCUT2D eigenvalue weighted by atomic mass is 16.5. The van der Waals surface area contributed by atoms with E-state index in [1.54, 1.807) is 0 Å². The van der Waals surface area contributed by atoms with Gasteiger partial charge >= 0.3 is 0 Å². The van der Waals surface area contributed by atoms with Gasteiger partial charge in [0, 0.05) is 13.1 Å². The molecule has 0 saturated carbocycles. The average molecular weight is 204 g/mol. The van der Waals surface area contributed by atoms with Gasteiger partial charge in [0.1, 0.15) is 17.7 Å². The minimum absolute atomic E-state index is 0.119. The van der Waals surface area contributed by atoms with Gasteiger partial charge < -0.3 is 10.1 Å². The fourth-order valence-electron chi connectivity index (χ4n) is 1.30. The third-order valence-corrected chi connectivity index (χ3v) is 2.56. The molecule has 5 nitrogen and oxygen atoms in total. The third kappa shape index (κ3) is 1.76. The number of nitrogens with one attached hydrogen (secondary N) is 1. The Labute approximate surface area is 88.1 Å². The lowest BCUT2D eigenvalue weighted by Gasteiger charge is -2.27. The zero-order valence-electron chi connectivity index (χ0n) is 8.74. The summed E-state index contributed by atoms with van der Waals surface area (Å²) in [7, 11) is 0. The highest BCUT2D eigenvalue weighted by molar-refractivity contribution is 5.45. The number of hydrogen-bond acceptors (Lipinski definition) is 5. The zero-order chi connectivity index (χ0) is 10.8. The van der Waals surface area contributed by atoms with E-state index in [4.69, 9.17) is 10.00 Å². The highest BCUT2D eigenvalue weighted by Crippen LogP contribution is 2.20. The molecule has 0 aliphatic carbocycles. The Morgan fingerprint density at radius 3 is 2.67 bits per heavy atom. The van der Waals surface area contributed by atoms with Gasteiger partial charge in [0.05, 0.1) is 5.69 Å². The summed E-state index contributed by atoms with van der Waals surface area (Å²) in [5.41, 5.74) is 2.11. The van der Waals surface area contributed by atoms with E-state index in [9.17, 15) is 0 Å². The van der Waals surface area contributed by atoms with Crippen LogP contribution in [-0.2, 0) is 0 Å². The molecule has 1 fully saturated rings. The summed E-state index contributed by atoms with van der Waals surface area (Å²) in [6, 6.07) is 2.11. The summed E-state index contributed by atoms with van der Waals surface area (Å²) in [5, 5.41) is 20.0. The Kier molecular flexibility index (Phi) is 2.52. The lowest BCUT2D eigenvalue weighted by molar-refractivity contribution is 0.134. The Hall–Kier alpha value is -1.67. The van der Waals surface area contributed by atoms with Gasteiger partial charge in [0.25, 0.3) is 5.88 Å². The van der Waals surface area contributed by atoms with E-state index in [1.807, 2.05) is 13.8 Å². The summed E-state index contributed by atoms with van der Waals surface area (Å²) in [5.74, 6) is 0.354. The molecule has 0 spiro atoms. The molecular formula is C10H12N4O. The number of ether oxygens (including phenoxy) is 1. The van der Waals surface area contributed by atoms with Crippen LogP contribution < -0.4 is 10.1 Å². The van der Waals surface area contributed by atoms with Crippen LogP contribution in [0.5, 0.6) is 5.88 Å². The molecule has 1 N–H and O–H groups in total. The first-order valence-corrected chi connectivity index (χ1v) is 4.83. The molecule has 1 aromatic rings. The summed E-state index contributed by atoms with van der Waals surface area (Å²) < 4.78 is 5.55. The van der Waals surface area contributed by atoms with Crippen molar-refractivity contribution in [3.05, 3.63) is 16.8 Å². The summed E-state index contributed by atoms with van der Waals surface area (Å²) in [4.78, 5) is 0. The average Bonchev–Trinajstić information content (AvgIpc) is 2.17. The van der Waals surface area contributed by atoms with Gasteiger partial charge in [-0.05, 0) is 19.4 Å². The Balaban J connectivity index is 2.30. The number of hydrogen-bond donors (Lipinski definition) is 1. The quantitative estimate of drug-likeness (QED) is 0.751. The van der Waals surface area contributed by atoms with Crippen molar-refractivity contribution in [2.24, 2.45) is 0 Å². The highest BCUT2D eigenvalue weighted by Gasteiger charge is 2.22. The molecule has 0 unspecified atom stereocenters. The molecule has 2 rings (SSSR count). The van der Waals surface area contributed by atoms with Crippen molar-refractivity contribution in [3.8, 4) is 11.9 Å². The van der Waals surface area contributed by atoms with E-state index < -0.39 is 0 Å². The molecule has 0 atom stereocenters. The number of aromatic nitrogens is 2. The maximum Gasteiger partial charge on any atom is 0.252 e. The zero-order valence-corrected chi connectivity index (χ0v) is 8.74. The molecular weight excluding hydrogens is 192 g/mol. The van der Waals surface area contributed by atoms with E-state index in [2.05, 4.69) is 21.6 Å². The molecule has 5 heteroatoms. The Morgan fingerprint density at radius 1 is 1.40 bits per heavy atom. The van der Waals surface area contributed by atoms with Crippen molar-refractivity contribution in [2.45, 2.75) is 20.0 Å². The van der Waals surface area contributed by atoms with Gasteiger partial charge in [-0.15, -0.1) is 5.10 Å². The van der Waals surface area contributed by atoms with E-state index in [-0.39, 0.29) is 6.10 Å². The number of aryl methyl sites for hydroxylation is 1. The van der Waals surface area contributed by atoms with Crippen molar-refractivity contribution >= 4 is 0 Å². The topological polar surface area (TPSA) is 70.8 Å². The van der Waals surface area contributed by atoms with Crippen molar-refractivity contribution in [3.63, 3.8) is 0 Å². The number of rotatable bonds is 2. The van der Waals surface area contributed by atoms with Crippen molar-refractivity contribution in [1.82, 2.24) is 15.5 Å². The van der Waals surface area contributed by atoms with Crippen LogP contribution in [0.3, 0.4) is 0 Å². The van der Waals surface area contributed by atoms with E-state index >= 15 is 0 Å². The second-order valence-electron chi connectivity index (χ2n) is 3.60. The van der Waals surface area contributed by atoms with Crippen LogP contribution in [0.25, 0.3) is 0 Å². The predicted octanol–water partition coefficient (Wildman–Crippen LogP) is 0.316. The van der Waals surface area contributed by atoms with Gasteiger partial charge in [-0.3, -0.25) is 0 Å². The summed E-state index contributed by atoms with van der Waals surface area (Å²) >= 11 is 0. The molecule has 78 valence electrons. The van der Waals surface area contributed by atoms with Gasteiger partial charge in [0.15, 0.2) is 0 Å². The maximum atomic E-state index is 9.01. The van der Waals surface area contributed by atoms with Crippen molar-refractivity contribution in [1.29, 1.82) is 5.26 Å². The molecule has 1 aliphatic heterocycles. The Bertz CT molecular complexity index is 420. The normalized spacial score (nSPS) is 15.5. The summed E-state index contributed by atoms with van der Waals surface area (Å²) in [6.07, 6.45) is 0.119. The number of nitriles is 1. The monoisotopic (exact) mass is 204 g/mol. The fraction of sp³-hybridized carbons (Fsp3) is 0.500. The predicted molar refractivity (Wildman–Crippen MR) is 53.5 cm³/mol. The van der Waals surface area contributed by atoms with Gasteiger partial charge in [-0.2, -0.15) is 10.4 Å². The van der Waals surface area contributed by atoms with E-state index in [1.165, 1.54) is 0 Å². The van der Waals surface area contributed by atoms with Crippen LogP contribution in [0.1, 0.15) is 16.8 Å². The first-order chi connectivity index (χ1) is 7.22. The van der Waals surface area contributed by atoms with Crippen LogP contribution in [0.15, 0.2) is 0 Å². The van der Waals surface area contributed by atoms with E-state index in [0.717, 1.165) is 24.3 Å². The standard InChI is InChI=1S/C10H12N4O/c1-6-7(2)13-14-10(9(6)3-11)15-8-4-12-5-8/h8,12H,4-5H2,1-2H3. The Morgan fingerprint density at radius 2 is 2.13 bits per heavy atom. The fourth-order valence-corrected chi connectivity index (χ4v) is 1.30. The van der Waals surface area contributed by atoms with Gasteiger partial charge in [-0.25, -0.2) is 0 Å². The second kappa shape index (κ2) is 3.83.